The highest BCUT2D eigenvalue weighted by atomic mass is 16.5. The Bertz CT molecular complexity index is 1470. The first-order chi connectivity index (χ1) is 16.5. The van der Waals surface area contributed by atoms with Crippen LogP contribution >= 0.6 is 0 Å². The second kappa shape index (κ2) is 8.79. The zero-order valence-electron chi connectivity index (χ0n) is 18.6. The third-order valence-corrected chi connectivity index (χ3v) is 5.94. The van der Waals surface area contributed by atoms with Crippen LogP contribution in [0.2, 0.25) is 0 Å². The minimum absolute atomic E-state index is 0.0164. The second-order valence-corrected chi connectivity index (χ2v) is 8.13. The van der Waals surface area contributed by atoms with Crippen LogP contribution in [0.4, 0.5) is 5.82 Å². The van der Waals surface area contributed by atoms with E-state index in [1.807, 2.05) is 54.6 Å². The summed E-state index contributed by atoms with van der Waals surface area (Å²) in [6.45, 7) is 1.62. The molecule has 1 aliphatic carbocycles. The number of carbonyl (C=O) groups is 1. The van der Waals surface area contributed by atoms with Gasteiger partial charge >= 0.3 is 5.69 Å². The number of amides is 1. The lowest BCUT2D eigenvalue weighted by Crippen LogP contribution is -2.46. The highest BCUT2D eigenvalue weighted by Gasteiger charge is 2.34. The summed E-state index contributed by atoms with van der Waals surface area (Å²) in [4.78, 5) is 29.5. The lowest BCUT2D eigenvalue weighted by Gasteiger charge is -2.36. The van der Waals surface area contributed by atoms with Gasteiger partial charge in [0.15, 0.2) is 0 Å². The van der Waals surface area contributed by atoms with Crippen molar-refractivity contribution in [3.8, 4) is 29.0 Å². The van der Waals surface area contributed by atoms with E-state index in [0.717, 1.165) is 5.75 Å². The molecular formula is C26H23N5O3. The Morgan fingerprint density at radius 1 is 1.09 bits per heavy atom. The Balaban J connectivity index is 1.47. The van der Waals surface area contributed by atoms with Gasteiger partial charge in [-0.1, -0.05) is 24.1 Å². The van der Waals surface area contributed by atoms with E-state index in [0.29, 0.717) is 35.3 Å². The number of hydrogen-bond donors (Lipinski definition) is 2. The van der Waals surface area contributed by atoms with E-state index in [2.05, 4.69) is 22.1 Å². The SMILES string of the molecule is CC#CC(=O)N[C@H]1C[C@@H](n2c(=O)n(-c3ccc(Oc4ccccc4)cc3)c3c(N)nccc32)C1. The number of anilines is 1. The van der Waals surface area contributed by atoms with Crippen LogP contribution in [-0.2, 0) is 4.79 Å². The van der Waals surface area contributed by atoms with Gasteiger partial charge in [0.2, 0.25) is 0 Å². The quantitative estimate of drug-likeness (QED) is 0.451. The molecule has 1 saturated carbocycles. The zero-order valence-corrected chi connectivity index (χ0v) is 18.6. The monoisotopic (exact) mass is 453 g/mol. The number of nitrogens with zero attached hydrogens (tertiary/aromatic N) is 3. The van der Waals surface area contributed by atoms with Gasteiger partial charge < -0.3 is 15.8 Å². The van der Waals surface area contributed by atoms with Gasteiger partial charge in [-0.25, -0.2) is 9.78 Å². The summed E-state index contributed by atoms with van der Waals surface area (Å²) < 4.78 is 9.20. The summed E-state index contributed by atoms with van der Waals surface area (Å²) in [6.07, 6.45) is 2.88. The maximum absolute atomic E-state index is 13.6. The average Bonchev–Trinajstić information content (AvgIpc) is 3.10. The van der Waals surface area contributed by atoms with Crippen molar-refractivity contribution in [2.75, 3.05) is 5.73 Å². The van der Waals surface area contributed by atoms with E-state index >= 15 is 0 Å². The van der Waals surface area contributed by atoms with Crippen LogP contribution in [0.15, 0.2) is 71.7 Å². The molecule has 0 atom stereocenters. The Hall–Kier alpha value is -4.51. The summed E-state index contributed by atoms with van der Waals surface area (Å²) in [6, 6.07) is 18.5. The molecule has 0 radical (unpaired) electrons. The molecule has 0 unspecified atom stereocenters. The number of nitrogens with two attached hydrogens (primary N) is 1. The molecule has 0 spiro atoms. The summed E-state index contributed by atoms with van der Waals surface area (Å²) in [7, 11) is 0. The predicted molar refractivity (Wildman–Crippen MR) is 130 cm³/mol. The third kappa shape index (κ3) is 3.88. The van der Waals surface area contributed by atoms with Gasteiger partial charge in [0.1, 0.15) is 22.8 Å². The normalized spacial score (nSPS) is 16.9. The van der Waals surface area contributed by atoms with Gasteiger partial charge in [-0.2, -0.15) is 0 Å². The van der Waals surface area contributed by atoms with Crippen molar-refractivity contribution in [1.82, 2.24) is 19.4 Å². The maximum atomic E-state index is 13.6. The summed E-state index contributed by atoms with van der Waals surface area (Å²) in [5.41, 5.74) is 7.95. The van der Waals surface area contributed by atoms with Gasteiger partial charge in [-0.05, 0) is 68.2 Å². The molecule has 0 aliphatic heterocycles. The molecule has 0 saturated heterocycles. The molecule has 5 rings (SSSR count). The number of fused-ring (bicyclic) bond motifs is 1. The Kier molecular flexibility index (Phi) is 5.52. The van der Waals surface area contributed by atoms with E-state index in [-0.39, 0.29) is 29.5 Å². The number of nitrogen functional groups attached to an aromatic ring is 1. The lowest BCUT2D eigenvalue weighted by atomic mass is 9.86. The highest BCUT2D eigenvalue weighted by molar-refractivity contribution is 5.93. The molecule has 8 heteroatoms. The van der Waals surface area contributed by atoms with Crippen molar-refractivity contribution < 1.29 is 9.53 Å². The zero-order chi connectivity index (χ0) is 23.7. The standard InChI is InChI=1S/C26H23N5O3/c1-2-6-23(32)29-17-15-19(16-17)30-22-13-14-28-25(27)24(22)31(26(30)33)18-9-11-21(12-10-18)34-20-7-4-3-5-8-20/h3-5,7-14,17,19H,15-16H2,1H3,(H2,27,28)(H,29,32)/t17-,19+. The lowest BCUT2D eigenvalue weighted by molar-refractivity contribution is -0.117. The molecule has 8 nitrogen and oxygen atoms in total. The topological polar surface area (TPSA) is 104 Å². The van der Waals surface area contributed by atoms with Crippen LogP contribution in [0.3, 0.4) is 0 Å². The molecule has 4 aromatic rings. The largest absolute Gasteiger partial charge is 0.457 e. The van der Waals surface area contributed by atoms with E-state index < -0.39 is 0 Å². The molecule has 1 aliphatic rings. The number of para-hydroxylation sites is 1. The first-order valence-electron chi connectivity index (χ1n) is 11.0. The summed E-state index contributed by atoms with van der Waals surface area (Å²) in [5, 5.41) is 2.87. The van der Waals surface area contributed by atoms with Crippen LogP contribution in [-0.4, -0.2) is 26.1 Å². The van der Waals surface area contributed by atoms with Gasteiger partial charge in [0.25, 0.3) is 5.91 Å². The van der Waals surface area contributed by atoms with Crippen LogP contribution in [0, 0.1) is 11.8 Å². The van der Waals surface area contributed by atoms with Crippen LogP contribution < -0.4 is 21.5 Å². The molecule has 1 fully saturated rings. The fourth-order valence-corrected chi connectivity index (χ4v) is 4.32. The number of ether oxygens (including phenoxy) is 1. The number of hydrogen-bond acceptors (Lipinski definition) is 5. The van der Waals surface area contributed by atoms with Gasteiger partial charge in [0, 0.05) is 18.3 Å². The fourth-order valence-electron chi connectivity index (χ4n) is 4.32. The van der Waals surface area contributed by atoms with E-state index in [1.165, 1.54) is 0 Å². The Labute approximate surface area is 196 Å². The number of benzene rings is 2. The van der Waals surface area contributed by atoms with Crippen molar-refractivity contribution in [3.63, 3.8) is 0 Å². The number of nitrogens with one attached hydrogen (secondary N) is 1. The molecule has 2 aromatic carbocycles. The van der Waals surface area contributed by atoms with Crippen LogP contribution in [0.5, 0.6) is 11.5 Å². The fraction of sp³-hybridized carbons (Fsp3) is 0.192. The first kappa shape index (κ1) is 21.3. The molecule has 0 bridgehead atoms. The number of pyridine rings is 1. The molecule has 170 valence electrons. The number of rotatable bonds is 5. The molecule has 2 aromatic heterocycles. The van der Waals surface area contributed by atoms with Gasteiger partial charge in [-0.3, -0.25) is 13.9 Å². The minimum Gasteiger partial charge on any atom is -0.457 e. The van der Waals surface area contributed by atoms with Crippen molar-refractivity contribution in [3.05, 3.63) is 77.3 Å². The smallest absolute Gasteiger partial charge is 0.334 e. The molecule has 34 heavy (non-hydrogen) atoms. The highest BCUT2D eigenvalue weighted by Crippen LogP contribution is 2.35. The molecule has 1 amide bonds. The van der Waals surface area contributed by atoms with Crippen molar-refractivity contribution in [2.24, 2.45) is 0 Å². The molecule has 3 N–H and O–H groups in total. The minimum atomic E-state index is -0.299. The molecular weight excluding hydrogens is 430 g/mol. The third-order valence-electron chi connectivity index (χ3n) is 5.94. The van der Waals surface area contributed by atoms with Gasteiger partial charge in [-0.15, -0.1) is 0 Å². The van der Waals surface area contributed by atoms with E-state index in [4.69, 9.17) is 10.5 Å². The average molecular weight is 454 g/mol. The van der Waals surface area contributed by atoms with E-state index in [9.17, 15) is 9.59 Å². The van der Waals surface area contributed by atoms with Crippen molar-refractivity contribution >= 4 is 22.8 Å². The first-order valence-corrected chi connectivity index (χ1v) is 11.0. The molecule has 2 heterocycles. The Morgan fingerprint density at radius 3 is 2.50 bits per heavy atom. The second-order valence-electron chi connectivity index (χ2n) is 8.13. The van der Waals surface area contributed by atoms with Crippen molar-refractivity contribution in [1.29, 1.82) is 0 Å². The van der Waals surface area contributed by atoms with Crippen LogP contribution in [0.1, 0.15) is 25.8 Å². The van der Waals surface area contributed by atoms with Gasteiger partial charge in [0.05, 0.1) is 11.2 Å². The summed E-state index contributed by atoms with van der Waals surface area (Å²) >= 11 is 0. The summed E-state index contributed by atoms with van der Waals surface area (Å²) in [5.74, 6) is 6.44. The predicted octanol–water partition coefficient (Wildman–Crippen LogP) is 3.40. The Morgan fingerprint density at radius 2 is 1.79 bits per heavy atom. The van der Waals surface area contributed by atoms with Crippen molar-refractivity contribution in [2.45, 2.75) is 31.8 Å². The van der Waals surface area contributed by atoms with Crippen LogP contribution in [0.25, 0.3) is 16.7 Å². The maximum Gasteiger partial charge on any atom is 0.334 e. The number of imidazole rings is 1. The van der Waals surface area contributed by atoms with E-state index in [1.54, 1.807) is 28.3 Å². The number of carbonyl (C=O) groups excluding carboxylic acids is 1. The number of aromatic nitrogens is 3.